The van der Waals surface area contributed by atoms with E-state index in [1.807, 2.05) is 50.2 Å². The average Bonchev–Trinajstić information content (AvgIpc) is 2.70. The van der Waals surface area contributed by atoms with Gasteiger partial charge in [-0.15, -0.1) is 0 Å². The average molecular weight is 382 g/mol. The van der Waals surface area contributed by atoms with Crippen LogP contribution in [0, 0.1) is 0 Å². The van der Waals surface area contributed by atoms with Crippen molar-refractivity contribution in [1.82, 2.24) is 10.2 Å². The number of fused-ring (bicyclic) bond motifs is 1. The summed E-state index contributed by atoms with van der Waals surface area (Å²) >= 11 is 0. The Morgan fingerprint density at radius 1 is 1.14 bits per heavy atom. The van der Waals surface area contributed by atoms with Gasteiger partial charge in [0.25, 0.3) is 0 Å². The maximum absolute atomic E-state index is 13.2. The molecule has 1 aliphatic heterocycles. The number of amides is 2. The molecule has 1 atom stereocenters. The van der Waals surface area contributed by atoms with Gasteiger partial charge in [0.2, 0.25) is 11.8 Å². The number of methoxy groups -OCH3 is 2. The van der Waals surface area contributed by atoms with Crippen LogP contribution in [0.3, 0.4) is 0 Å². The summed E-state index contributed by atoms with van der Waals surface area (Å²) in [5.74, 6) is 0.953. The van der Waals surface area contributed by atoms with Gasteiger partial charge in [0.1, 0.15) is 6.04 Å². The molecule has 6 heteroatoms. The maximum atomic E-state index is 13.2. The lowest BCUT2D eigenvalue weighted by molar-refractivity contribution is -0.143. The van der Waals surface area contributed by atoms with Gasteiger partial charge in [0.05, 0.1) is 20.6 Å². The molecule has 148 valence electrons. The number of hydrogen-bond donors (Lipinski definition) is 1. The minimum atomic E-state index is -0.644. The molecule has 0 aromatic heterocycles. The fourth-order valence-corrected chi connectivity index (χ4v) is 3.74. The van der Waals surface area contributed by atoms with Crippen LogP contribution in [0.1, 0.15) is 36.6 Å². The summed E-state index contributed by atoms with van der Waals surface area (Å²) < 4.78 is 10.8. The first-order chi connectivity index (χ1) is 13.5. The molecule has 6 nitrogen and oxygen atoms in total. The Bertz CT molecular complexity index is 879. The van der Waals surface area contributed by atoms with Gasteiger partial charge in [-0.05, 0) is 31.0 Å². The van der Waals surface area contributed by atoms with Gasteiger partial charge in [0, 0.05) is 18.2 Å². The molecular formula is C22H26N2O4. The first kappa shape index (κ1) is 19.7. The molecule has 0 saturated heterocycles. The number of carbonyl (C=O) groups is 2. The summed E-state index contributed by atoms with van der Waals surface area (Å²) in [5, 5.41) is 2.97. The van der Waals surface area contributed by atoms with Gasteiger partial charge < -0.3 is 19.7 Å². The number of rotatable bonds is 6. The van der Waals surface area contributed by atoms with Gasteiger partial charge in [-0.2, -0.15) is 0 Å². The van der Waals surface area contributed by atoms with Gasteiger partial charge in [-0.1, -0.05) is 36.4 Å². The van der Waals surface area contributed by atoms with Gasteiger partial charge in [-0.25, -0.2) is 0 Å². The third-order valence-electron chi connectivity index (χ3n) is 5.00. The van der Waals surface area contributed by atoms with E-state index < -0.39 is 6.04 Å². The van der Waals surface area contributed by atoms with Crippen LogP contribution in [0.5, 0.6) is 11.5 Å². The fourth-order valence-electron chi connectivity index (χ4n) is 3.74. The van der Waals surface area contributed by atoms with E-state index in [1.54, 1.807) is 25.2 Å². The maximum Gasteiger partial charge on any atom is 0.247 e. The van der Waals surface area contributed by atoms with E-state index in [4.69, 9.17) is 9.47 Å². The van der Waals surface area contributed by atoms with Crippen molar-refractivity contribution in [2.45, 2.75) is 38.9 Å². The highest BCUT2D eigenvalue weighted by Crippen LogP contribution is 2.33. The molecule has 1 heterocycles. The Hall–Kier alpha value is -3.02. The number of benzene rings is 2. The number of carbonyl (C=O) groups excluding carboxylic acids is 2. The highest BCUT2D eigenvalue weighted by molar-refractivity contribution is 5.92. The normalized spacial score (nSPS) is 16.0. The second-order valence-corrected chi connectivity index (χ2v) is 7.04. The Labute approximate surface area is 165 Å². The monoisotopic (exact) mass is 382 g/mol. The lowest BCUT2D eigenvalue weighted by Gasteiger charge is -2.39. The minimum absolute atomic E-state index is 0.0344. The molecule has 2 aromatic carbocycles. The quantitative estimate of drug-likeness (QED) is 0.834. The molecular weight excluding hydrogens is 356 g/mol. The van der Waals surface area contributed by atoms with E-state index in [-0.39, 0.29) is 24.4 Å². The lowest BCUT2D eigenvalue weighted by atomic mass is 9.90. The molecule has 2 aromatic rings. The van der Waals surface area contributed by atoms with E-state index in [9.17, 15) is 9.59 Å². The zero-order valence-electron chi connectivity index (χ0n) is 16.7. The van der Waals surface area contributed by atoms with Crippen LogP contribution in [0.2, 0.25) is 0 Å². The molecule has 0 aliphatic carbocycles. The van der Waals surface area contributed by atoms with Gasteiger partial charge in [-0.3, -0.25) is 9.59 Å². The smallest absolute Gasteiger partial charge is 0.247 e. The third-order valence-corrected chi connectivity index (χ3v) is 5.00. The van der Waals surface area contributed by atoms with Crippen molar-refractivity contribution in [3.8, 4) is 11.5 Å². The predicted octanol–water partition coefficient (Wildman–Crippen LogP) is 2.85. The zero-order valence-corrected chi connectivity index (χ0v) is 16.7. The van der Waals surface area contributed by atoms with Gasteiger partial charge >= 0.3 is 0 Å². The highest BCUT2D eigenvalue weighted by Gasteiger charge is 2.38. The van der Waals surface area contributed by atoms with Crippen LogP contribution in [-0.4, -0.2) is 37.0 Å². The molecule has 2 amide bonds. The number of ether oxygens (including phenoxy) is 2. The molecule has 0 fully saturated rings. The largest absolute Gasteiger partial charge is 0.493 e. The molecule has 0 unspecified atom stereocenters. The minimum Gasteiger partial charge on any atom is -0.493 e. The lowest BCUT2D eigenvalue weighted by Crippen LogP contribution is -2.50. The van der Waals surface area contributed by atoms with E-state index in [0.29, 0.717) is 17.9 Å². The molecule has 28 heavy (non-hydrogen) atoms. The van der Waals surface area contributed by atoms with Crippen molar-refractivity contribution in [3.63, 3.8) is 0 Å². The van der Waals surface area contributed by atoms with Crippen molar-refractivity contribution in [1.29, 1.82) is 0 Å². The Morgan fingerprint density at radius 2 is 1.89 bits per heavy atom. The first-order valence-electron chi connectivity index (χ1n) is 9.34. The summed E-state index contributed by atoms with van der Waals surface area (Å²) in [7, 11) is 3.14. The molecule has 0 spiro atoms. The number of para-hydroxylation sites is 1. The van der Waals surface area contributed by atoms with Crippen molar-refractivity contribution >= 4 is 11.8 Å². The standard InChI is InChI=1S/C22H26N2O4/c1-14(2)24-19(25)12-15-8-5-6-10-17(15)20(24)22(26)23-13-16-9-7-11-18(27-3)21(16)28-4/h5-11,14,20H,12-13H2,1-4H3,(H,23,26)/t20-/m0/s1. The van der Waals surface area contributed by atoms with Crippen molar-refractivity contribution < 1.29 is 19.1 Å². The summed E-state index contributed by atoms with van der Waals surface area (Å²) in [5.41, 5.74) is 2.59. The van der Waals surface area contributed by atoms with E-state index in [0.717, 1.165) is 16.7 Å². The first-order valence-corrected chi connectivity index (χ1v) is 9.34. The molecule has 0 bridgehead atoms. The highest BCUT2D eigenvalue weighted by atomic mass is 16.5. The Morgan fingerprint density at radius 3 is 2.57 bits per heavy atom. The number of nitrogens with zero attached hydrogens (tertiary/aromatic N) is 1. The zero-order chi connectivity index (χ0) is 20.3. The van der Waals surface area contributed by atoms with Crippen molar-refractivity contribution in [3.05, 3.63) is 59.2 Å². The van der Waals surface area contributed by atoms with Crippen LogP contribution < -0.4 is 14.8 Å². The summed E-state index contributed by atoms with van der Waals surface area (Å²) in [6, 6.07) is 12.4. The molecule has 3 rings (SSSR count). The molecule has 1 N–H and O–H groups in total. The van der Waals surface area contributed by atoms with Crippen LogP contribution in [0.4, 0.5) is 0 Å². The fraction of sp³-hybridized carbons (Fsp3) is 0.364. The van der Waals surface area contributed by atoms with Gasteiger partial charge in [0.15, 0.2) is 11.5 Å². The topological polar surface area (TPSA) is 67.9 Å². The van der Waals surface area contributed by atoms with E-state index in [1.165, 1.54) is 0 Å². The Kier molecular flexibility index (Phi) is 5.87. The Balaban J connectivity index is 1.88. The molecule has 1 aliphatic rings. The number of hydrogen-bond acceptors (Lipinski definition) is 4. The summed E-state index contributed by atoms with van der Waals surface area (Å²) in [6.07, 6.45) is 0.321. The predicted molar refractivity (Wildman–Crippen MR) is 106 cm³/mol. The third kappa shape index (κ3) is 3.67. The SMILES string of the molecule is COc1cccc(CNC(=O)[C@@H]2c3ccccc3CC(=O)N2C(C)C)c1OC. The summed E-state index contributed by atoms with van der Waals surface area (Å²) in [6.45, 7) is 4.13. The van der Waals surface area contributed by atoms with Crippen molar-refractivity contribution in [2.24, 2.45) is 0 Å². The van der Waals surface area contributed by atoms with Crippen molar-refractivity contribution in [2.75, 3.05) is 14.2 Å². The second-order valence-electron chi connectivity index (χ2n) is 7.04. The molecule has 0 saturated carbocycles. The van der Waals surface area contributed by atoms with E-state index >= 15 is 0 Å². The van der Waals surface area contributed by atoms with Crippen LogP contribution >= 0.6 is 0 Å². The van der Waals surface area contributed by atoms with Crippen LogP contribution in [0.15, 0.2) is 42.5 Å². The second kappa shape index (κ2) is 8.33. The summed E-state index contributed by atoms with van der Waals surface area (Å²) in [4.78, 5) is 27.5. The van der Waals surface area contributed by atoms with E-state index in [2.05, 4.69) is 5.32 Å². The van der Waals surface area contributed by atoms with Crippen LogP contribution in [-0.2, 0) is 22.6 Å². The number of nitrogens with one attached hydrogen (secondary N) is 1. The molecule has 0 radical (unpaired) electrons. The van der Waals surface area contributed by atoms with Crippen LogP contribution in [0.25, 0.3) is 0 Å².